The Hall–Kier alpha value is -0.120. The first-order chi connectivity index (χ1) is 6.74. The molecule has 0 radical (unpaired) electrons. The minimum absolute atomic E-state index is 0.316. The molecule has 1 saturated carbocycles. The highest BCUT2D eigenvalue weighted by atomic mass is 16.5. The maximum atomic E-state index is 5.62. The van der Waals surface area contributed by atoms with Gasteiger partial charge in [0.2, 0.25) is 0 Å². The number of fused-ring (bicyclic) bond motifs is 2. The first-order valence-corrected chi connectivity index (χ1v) is 5.58. The summed E-state index contributed by atoms with van der Waals surface area (Å²) >= 11 is 0. The van der Waals surface area contributed by atoms with Gasteiger partial charge in [-0.2, -0.15) is 0 Å². The van der Waals surface area contributed by atoms with Crippen LogP contribution in [0.25, 0.3) is 0 Å². The average Bonchev–Trinajstić information content (AvgIpc) is 2.10. The molecule has 0 spiro atoms. The average molecular weight is 199 g/mol. The lowest BCUT2D eigenvalue weighted by Gasteiger charge is -2.55. The number of hydrogen-bond donors (Lipinski definition) is 1. The van der Waals surface area contributed by atoms with E-state index in [4.69, 9.17) is 9.47 Å². The number of rotatable bonds is 5. The van der Waals surface area contributed by atoms with Crippen LogP contribution in [-0.2, 0) is 9.47 Å². The van der Waals surface area contributed by atoms with Crippen LogP contribution in [0.5, 0.6) is 0 Å². The Morgan fingerprint density at radius 2 is 2.14 bits per heavy atom. The van der Waals surface area contributed by atoms with Gasteiger partial charge in [0.25, 0.3) is 0 Å². The second-order valence-electron chi connectivity index (χ2n) is 4.92. The minimum atomic E-state index is 0.316. The highest BCUT2D eigenvalue weighted by Crippen LogP contribution is 2.41. The van der Waals surface area contributed by atoms with E-state index in [-0.39, 0.29) is 0 Å². The van der Waals surface area contributed by atoms with Crippen molar-refractivity contribution in [2.75, 3.05) is 26.9 Å². The van der Waals surface area contributed by atoms with E-state index < -0.39 is 0 Å². The molecular formula is C11H21NO2. The van der Waals surface area contributed by atoms with Gasteiger partial charge < -0.3 is 14.8 Å². The fourth-order valence-corrected chi connectivity index (χ4v) is 2.97. The zero-order valence-corrected chi connectivity index (χ0v) is 9.21. The van der Waals surface area contributed by atoms with Gasteiger partial charge in [-0.1, -0.05) is 6.92 Å². The van der Waals surface area contributed by atoms with Gasteiger partial charge in [0.05, 0.1) is 19.8 Å². The largest absolute Gasteiger partial charge is 0.382 e. The fourth-order valence-electron chi connectivity index (χ4n) is 2.97. The lowest BCUT2D eigenvalue weighted by molar-refractivity contribution is -0.0448. The van der Waals surface area contributed by atoms with Crippen molar-refractivity contribution in [3.8, 4) is 0 Å². The number of piperidine rings is 1. The van der Waals surface area contributed by atoms with Crippen molar-refractivity contribution in [3.05, 3.63) is 0 Å². The van der Waals surface area contributed by atoms with Crippen molar-refractivity contribution in [2.24, 2.45) is 5.92 Å². The van der Waals surface area contributed by atoms with Gasteiger partial charge in [0.1, 0.15) is 0 Å². The van der Waals surface area contributed by atoms with Crippen molar-refractivity contribution in [2.45, 2.75) is 37.8 Å². The summed E-state index contributed by atoms with van der Waals surface area (Å²) in [5, 5.41) is 3.63. The van der Waals surface area contributed by atoms with E-state index in [9.17, 15) is 0 Å². The number of ether oxygens (including phenoxy) is 2. The summed E-state index contributed by atoms with van der Waals surface area (Å²) in [6, 6.07) is 0.768. The molecule has 1 aliphatic carbocycles. The van der Waals surface area contributed by atoms with E-state index in [0.29, 0.717) is 12.1 Å². The van der Waals surface area contributed by atoms with E-state index in [0.717, 1.165) is 25.2 Å². The summed E-state index contributed by atoms with van der Waals surface area (Å²) in [7, 11) is 1.71. The summed E-state index contributed by atoms with van der Waals surface area (Å²) in [5.74, 6) is 0.862. The fraction of sp³-hybridized carbons (Fsp3) is 1.00. The molecule has 3 nitrogen and oxygen atoms in total. The quantitative estimate of drug-likeness (QED) is 0.674. The summed E-state index contributed by atoms with van der Waals surface area (Å²) in [6.07, 6.45) is 3.93. The van der Waals surface area contributed by atoms with Crippen molar-refractivity contribution < 1.29 is 9.47 Å². The second kappa shape index (κ2) is 4.17. The Labute approximate surface area is 86.2 Å². The van der Waals surface area contributed by atoms with Crippen LogP contribution in [0.1, 0.15) is 26.2 Å². The van der Waals surface area contributed by atoms with Gasteiger partial charge in [-0.3, -0.25) is 0 Å². The lowest BCUT2D eigenvalue weighted by atomic mass is 9.67. The zero-order chi connectivity index (χ0) is 10.0. The highest BCUT2D eigenvalue weighted by Gasteiger charge is 2.48. The molecule has 3 fully saturated rings. The van der Waals surface area contributed by atoms with Gasteiger partial charge >= 0.3 is 0 Å². The first kappa shape index (κ1) is 10.4. The molecule has 3 unspecified atom stereocenters. The van der Waals surface area contributed by atoms with E-state index in [2.05, 4.69) is 12.2 Å². The first-order valence-electron chi connectivity index (χ1n) is 5.58. The Morgan fingerprint density at radius 1 is 1.36 bits per heavy atom. The van der Waals surface area contributed by atoms with Crippen LogP contribution in [-0.4, -0.2) is 38.5 Å². The van der Waals surface area contributed by atoms with Gasteiger partial charge in [-0.25, -0.2) is 0 Å². The summed E-state index contributed by atoms with van der Waals surface area (Å²) in [5.41, 5.74) is 0.316. The van der Waals surface area contributed by atoms with Gasteiger partial charge in [-0.15, -0.1) is 0 Å². The van der Waals surface area contributed by atoms with E-state index in [1.165, 1.54) is 19.3 Å². The van der Waals surface area contributed by atoms with Gasteiger partial charge in [0.15, 0.2) is 0 Å². The molecule has 3 aliphatic rings. The van der Waals surface area contributed by atoms with Crippen LogP contribution in [0.3, 0.4) is 0 Å². The van der Waals surface area contributed by atoms with Crippen LogP contribution in [0.2, 0.25) is 0 Å². The smallest absolute Gasteiger partial charge is 0.0701 e. The van der Waals surface area contributed by atoms with Crippen molar-refractivity contribution in [3.63, 3.8) is 0 Å². The Balaban J connectivity index is 1.69. The van der Waals surface area contributed by atoms with E-state index in [1.807, 2.05) is 0 Å². The lowest BCUT2D eigenvalue weighted by Crippen LogP contribution is -2.70. The summed E-state index contributed by atoms with van der Waals surface area (Å²) < 4.78 is 10.6. The van der Waals surface area contributed by atoms with Crippen LogP contribution < -0.4 is 5.32 Å². The molecule has 3 heteroatoms. The molecule has 0 aromatic rings. The van der Waals surface area contributed by atoms with Crippen LogP contribution in [0.4, 0.5) is 0 Å². The van der Waals surface area contributed by atoms with E-state index >= 15 is 0 Å². The van der Waals surface area contributed by atoms with Gasteiger partial charge in [-0.05, 0) is 25.2 Å². The third-order valence-corrected chi connectivity index (χ3v) is 3.38. The highest BCUT2D eigenvalue weighted by molar-refractivity contribution is 5.08. The topological polar surface area (TPSA) is 30.5 Å². The van der Waals surface area contributed by atoms with Crippen LogP contribution >= 0.6 is 0 Å². The SMILES string of the molecule is COCCOCC12CC(C)CC(C1)N2. The molecule has 2 bridgehead atoms. The molecule has 82 valence electrons. The molecule has 2 aliphatic heterocycles. The molecule has 0 amide bonds. The third kappa shape index (κ3) is 2.10. The Kier molecular flexibility index (Phi) is 3.10. The van der Waals surface area contributed by atoms with Crippen LogP contribution in [0.15, 0.2) is 0 Å². The number of methoxy groups -OCH3 is 1. The molecule has 2 heterocycles. The molecule has 0 aromatic heterocycles. The van der Waals surface area contributed by atoms with Crippen molar-refractivity contribution >= 4 is 0 Å². The molecule has 2 saturated heterocycles. The van der Waals surface area contributed by atoms with Crippen LogP contribution in [0, 0.1) is 5.92 Å². The van der Waals surface area contributed by atoms with Crippen molar-refractivity contribution in [1.82, 2.24) is 5.32 Å². The zero-order valence-electron chi connectivity index (χ0n) is 9.21. The Bertz CT molecular complexity index is 190. The molecule has 0 aromatic carbocycles. The summed E-state index contributed by atoms with van der Waals surface area (Å²) in [6.45, 7) is 4.63. The van der Waals surface area contributed by atoms with E-state index in [1.54, 1.807) is 7.11 Å². The normalized spacial score (nSPS) is 40.7. The minimum Gasteiger partial charge on any atom is -0.382 e. The molecule has 3 atom stereocenters. The third-order valence-electron chi connectivity index (χ3n) is 3.38. The molecular weight excluding hydrogens is 178 g/mol. The predicted molar refractivity (Wildman–Crippen MR) is 55.4 cm³/mol. The molecule has 3 rings (SSSR count). The van der Waals surface area contributed by atoms with Gasteiger partial charge in [0, 0.05) is 18.7 Å². The Morgan fingerprint density at radius 3 is 2.79 bits per heavy atom. The van der Waals surface area contributed by atoms with Crippen molar-refractivity contribution in [1.29, 1.82) is 0 Å². The maximum Gasteiger partial charge on any atom is 0.0701 e. The standard InChI is InChI=1S/C11H21NO2/c1-9-5-10-7-11(6-9,12-10)8-14-4-3-13-2/h9-10,12H,3-8H2,1-2H3. The number of hydrogen-bond acceptors (Lipinski definition) is 3. The monoisotopic (exact) mass is 199 g/mol. The summed E-state index contributed by atoms with van der Waals surface area (Å²) in [4.78, 5) is 0. The molecule has 14 heavy (non-hydrogen) atoms. The number of nitrogens with one attached hydrogen (secondary N) is 1. The second-order valence-corrected chi connectivity index (χ2v) is 4.92. The molecule has 1 N–H and O–H groups in total. The predicted octanol–water partition coefficient (Wildman–Crippen LogP) is 1.18. The maximum absolute atomic E-state index is 5.62.